The fourth-order valence-corrected chi connectivity index (χ4v) is 5.01. The lowest BCUT2D eigenvalue weighted by atomic mass is 10.1. The Kier molecular flexibility index (Phi) is 6.27. The summed E-state index contributed by atoms with van der Waals surface area (Å²) in [5, 5.41) is 10.00. The number of fused-ring (bicyclic) bond motifs is 1. The molecule has 2 N–H and O–H groups in total. The summed E-state index contributed by atoms with van der Waals surface area (Å²) in [4.78, 5) is 21.8. The van der Waals surface area contributed by atoms with Gasteiger partial charge in [-0.05, 0) is 49.5 Å². The smallest absolute Gasteiger partial charge is 0.256 e. The van der Waals surface area contributed by atoms with Gasteiger partial charge in [-0.3, -0.25) is 9.89 Å². The molecule has 1 saturated heterocycles. The van der Waals surface area contributed by atoms with E-state index in [1.165, 1.54) is 12.3 Å². The molecule has 180 valence electrons. The van der Waals surface area contributed by atoms with Crippen LogP contribution in [0.1, 0.15) is 10.4 Å². The second-order valence-electron chi connectivity index (χ2n) is 8.31. The van der Waals surface area contributed by atoms with Gasteiger partial charge >= 0.3 is 0 Å². The Balaban J connectivity index is 1.34. The molecule has 35 heavy (non-hydrogen) atoms. The van der Waals surface area contributed by atoms with Crippen molar-refractivity contribution in [1.29, 1.82) is 0 Å². The average molecular weight is 497 g/mol. The number of carbonyl (C=O) groups excluding carboxylic acids is 1. The van der Waals surface area contributed by atoms with Crippen molar-refractivity contribution in [3.63, 3.8) is 0 Å². The van der Waals surface area contributed by atoms with Crippen molar-refractivity contribution in [2.75, 3.05) is 43.4 Å². The largest absolute Gasteiger partial charge is 0.369 e. The third-order valence-electron chi connectivity index (χ3n) is 5.89. The second kappa shape index (κ2) is 9.51. The molecule has 0 spiro atoms. The van der Waals surface area contributed by atoms with Gasteiger partial charge < -0.3 is 15.1 Å². The summed E-state index contributed by atoms with van der Waals surface area (Å²) in [5.74, 6) is -1.71. The number of nitrogens with one attached hydrogen (secondary N) is 2. The van der Waals surface area contributed by atoms with Crippen LogP contribution >= 0.6 is 0 Å². The van der Waals surface area contributed by atoms with Gasteiger partial charge in [0.25, 0.3) is 5.91 Å². The zero-order valence-corrected chi connectivity index (χ0v) is 19.6. The first-order chi connectivity index (χ1) is 16.9. The summed E-state index contributed by atoms with van der Waals surface area (Å²) in [6.07, 6.45) is 1.32. The van der Waals surface area contributed by atoms with Crippen molar-refractivity contribution in [2.45, 2.75) is 9.79 Å². The van der Waals surface area contributed by atoms with E-state index in [4.69, 9.17) is 0 Å². The molecule has 1 aliphatic rings. The molecule has 5 rings (SSSR count). The number of pyridine rings is 1. The van der Waals surface area contributed by atoms with E-state index >= 15 is 0 Å². The highest BCUT2D eigenvalue weighted by molar-refractivity contribution is 7.85. The van der Waals surface area contributed by atoms with Gasteiger partial charge in [0, 0.05) is 54.6 Å². The summed E-state index contributed by atoms with van der Waals surface area (Å²) in [6.45, 7) is 3.84. The molecule has 11 heteroatoms. The number of rotatable bonds is 5. The molecule has 1 aliphatic heterocycles. The van der Waals surface area contributed by atoms with Gasteiger partial charge in [0.05, 0.1) is 21.1 Å². The number of anilines is 2. The molecule has 3 heterocycles. The predicted octanol–water partition coefficient (Wildman–Crippen LogP) is 3.41. The predicted molar refractivity (Wildman–Crippen MR) is 129 cm³/mol. The molecule has 4 aromatic rings. The van der Waals surface area contributed by atoms with E-state index in [0.29, 0.717) is 22.7 Å². The van der Waals surface area contributed by atoms with Gasteiger partial charge in [-0.2, -0.15) is 5.10 Å². The SMILES string of the molecule is CN1CCN(c2ccc(C(=O)Nc3[nH]nc4ncc(S(=O)c5cc(F)cc(F)c5)cc34)cc2)CC1. The van der Waals surface area contributed by atoms with Crippen molar-refractivity contribution in [3.05, 3.63) is 71.9 Å². The Bertz CT molecular complexity index is 1400. The summed E-state index contributed by atoms with van der Waals surface area (Å²) in [6, 6.07) is 11.6. The van der Waals surface area contributed by atoms with Crippen LogP contribution in [0.25, 0.3) is 11.0 Å². The van der Waals surface area contributed by atoms with E-state index in [1.807, 2.05) is 12.1 Å². The Hall–Kier alpha value is -3.70. The van der Waals surface area contributed by atoms with Gasteiger partial charge in [0.1, 0.15) is 17.5 Å². The molecule has 8 nitrogen and oxygen atoms in total. The summed E-state index contributed by atoms with van der Waals surface area (Å²) in [7, 11) is 0.222. The van der Waals surface area contributed by atoms with Crippen LogP contribution in [0.3, 0.4) is 0 Å². The maximum absolute atomic E-state index is 13.6. The molecule has 1 atom stereocenters. The number of H-pyrrole nitrogens is 1. The molecule has 2 aromatic heterocycles. The van der Waals surface area contributed by atoms with E-state index in [0.717, 1.165) is 44.0 Å². The quantitative estimate of drug-likeness (QED) is 0.440. The van der Waals surface area contributed by atoms with Crippen LogP contribution in [0.15, 0.2) is 64.5 Å². The van der Waals surface area contributed by atoms with Gasteiger partial charge in [0.15, 0.2) is 5.65 Å². The van der Waals surface area contributed by atoms with Crippen LogP contribution in [0.5, 0.6) is 0 Å². The van der Waals surface area contributed by atoms with Gasteiger partial charge in [-0.15, -0.1) is 0 Å². The molecule has 1 amide bonds. The average Bonchev–Trinajstić information content (AvgIpc) is 3.25. The first kappa shape index (κ1) is 23.1. The number of carbonyl (C=O) groups is 1. The normalized spacial score (nSPS) is 15.3. The number of aromatic amines is 1. The second-order valence-corrected chi connectivity index (χ2v) is 9.79. The third kappa shape index (κ3) is 4.91. The van der Waals surface area contributed by atoms with E-state index in [-0.39, 0.29) is 21.5 Å². The Labute approximate surface area is 202 Å². The molecule has 1 fully saturated rings. The van der Waals surface area contributed by atoms with Crippen LogP contribution in [-0.2, 0) is 10.8 Å². The molecular weight excluding hydrogens is 474 g/mol. The van der Waals surface area contributed by atoms with Gasteiger partial charge in [-0.25, -0.2) is 18.0 Å². The summed E-state index contributed by atoms with van der Waals surface area (Å²) >= 11 is 0. The van der Waals surface area contributed by atoms with Gasteiger partial charge in [-0.1, -0.05) is 0 Å². The highest BCUT2D eigenvalue weighted by Crippen LogP contribution is 2.25. The van der Waals surface area contributed by atoms with Crippen molar-refractivity contribution in [3.8, 4) is 0 Å². The van der Waals surface area contributed by atoms with E-state index in [2.05, 4.69) is 37.3 Å². The molecular formula is C24H22F2N6O2S. The lowest BCUT2D eigenvalue weighted by Crippen LogP contribution is -2.44. The number of nitrogens with zero attached hydrogens (tertiary/aromatic N) is 4. The van der Waals surface area contributed by atoms with E-state index in [1.54, 1.807) is 12.1 Å². The maximum Gasteiger partial charge on any atom is 0.256 e. The Morgan fingerprint density at radius 3 is 2.37 bits per heavy atom. The van der Waals surface area contributed by atoms with Crippen molar-refractivity contribution < 1.29 is 17.8 Å². The first-order valence-corrected chi connectivity index (χ1v) is 12.1. The fraction of sp³-hybridized carbons (Fsp3) is 0.208. The number of amides is 1. The lowest BCUT2D eigenvalue weighted by Gasteiger charge is -2.34. The monoisotopic (exact) mass is 496 g/mol. The van der Waals surface area contributed by atoms with Crippen molar-refractivity contribution in [1.82, 2.24) is 20.1 Å². The number of hydrogen-bond donors (Lipinski definition) is 2. The maximum atomic E-state index is 13.6. The lowest BCUT2D eigenvalue weighted by molar-refractivity contribution is 0.102. The molecule has 0 aliphatic carbocycles. The van der Waals surface area contributed by atoms with Crippen molar-refractivity contribution in [2.24, 2.45) is 0 Å². The molecule has 2 aromatic carbocycles. The minimum Gasteiger partial charge on any atom is -0.369 e. The topological polar surface area (TPSA) is 94.2 Å². The third-order valence-corrected chi connectivity index (χ3v) is 7.20. The number of halogens is 2. The van der Waals surface area contributed by atoms with E-state index < -0.39 is 22.4 Å². The van der Waals surface area contributed by atoms with Crippen LogP contribution < -0.4 is 10.2 Å². The van der Waals surface area contributed by atoms with Crippen LogP contribution in [0.2, 0.25) is 0 Å². The fourth-order valence-electron chi connectivity index (χ4n) is 3.92. The zero-order valence-electron chi connectivity index (χ0n) is 18.8. The highest BCUT2D eigenvalue weighted by Gasteiger charge is 2.17. The highest BCUT2D eigenvalue weighted by atomic mass is 32.2. The van der Waals surface area contributed by atoms with Gasteiger partial charge in [0.2, 0.25) is 0 Å². The summed E-state index contributed by atoms with van der Waals surface area (Å²) < 4.78 is 40.0. The number of likely N-dealkylation sites (N-methyl/N-ethyl adjacent to an activating group) is 1. The Morgan fingerprint density at radius 1 is 1.00 bits per heavy atom. The first-order valence-electron chi connectivity index (χ1n) is 10.9. The molecule has 0 radical (unpaired) electrons. The minimum atomic E-state index is -1.88. The van der Waals surface area contributed by atoms with Crippen molar-refractivity contribution >= 4 is 39.2 Å². The zero-order chi connectivity index (χ0) is 24.5. The minimum absolute atomic E-state index is 0.0295. The number of hydrogen-bond acceptors (Lipinski definition) is 6. The molecule has 0 bridgehead atoms. The van der Waals surface area contributed by atoms with Crippen LogP contribution in [0, 0.1) is 11.6 Å². The molecule has 0 saturated carbocycles. The van der Waals surface area contributed by atoms with Crippen LogP contribution in [0.4, 0.5) is 20.3 Å². The standard InChI is InChI=1S/C24H22F2N6O2S/c1-31-6-8-32(9-7-31)18-4-2-15(3-5-18)24(33)28-23-21-13-20(14-27-22(21)29-30-23)35(34)19-11-16(25)10-17(26)12-19/h2-5,10-14H,6-9H2,1H3,(H2,27,28,29,30,33). The van der Waals surface area contributed by atoms with E-state index in [9.17, 15) is 17.8 Å². The van der Waals surface area contributed by atoms with Crippen LogP contribution in [-0.4, -0.2) is 63.4 Å². The number of piperazine rings is 1. The summed E-state index contributed by atoms with van der Waals surface area (Å²) in [5.41, 5.74) is 1.83. The number of benzene rings is 2. The Morgan fingerprint density at radius 2 is 1.69 bits per heavy atom. The molecule has 1 unspecified atom stereocenters. The number of aromatic nitrogens is 3.